The fourth-order valence-electron chi connectivity index (χ4n) is 4.58. The molecule has 1 atom stereocenters. The van der Waals surface area contributed by atoms with Crippen LogP contribution in [0.3, 0.4) is 0 Å². The van der Waals surface area contributed by atoms with Crippen LogP contribution in [0, 0.1) is 5.92 Å². The van der Waals surface area contributed by atoms with Crippen molar-refractivity contribution >= 4 is 34.4 Å². The highest BCUT2D eigenvalue weighted by Gasteiger charge is 2.33. The number of hydrogen-bond acceptors (Lipinski definition) is 7. The number of pyridine rings is 1. The highest BCUT2D eigenvalue weighted by molar-refractivity contribution is 5.98. The van der Waals surface area contributed by atoms with Gasteiger partial charge >= 0.3 is 0 Å². The van der Waals surface area contributed by atoms with E-state index in [1.165, 1.54) is 0 Å². The predicted octanol–water partition coefficient (Wildman–Crippen LogP) is 2.65. The SMILES string of the molecule is CC(C)C1CN(C)C(=O)c2cc3cnc(Nc4ccc(N5CCCNCC5)cn4)nc3n21. The summed E-state index contributed by atoms with van der Waals surface area (Å²) in [7, 11) is 1.86. The van der Waals surface area contributed by atoms with Crippen LogP contribution < -0.4 is 15.5 Å². The number of hydrogen-bond donors (Lipinski definition) is 2. The zero-order valence-corrected chi connectivity index (χ0v) is 18.9. The topological polar surface area (TPSA) is 91.2 Å². The minimum absolute atomic E-state index is 0.0235. The molecule has 32 heavy (non-hydrogen) atoms. The Balaban J connectivity index is 1.42. The van der Waals surface area contributed by atoms with Gasteiger partial charge in [0.05, 0.1) is 17.9 Å². The maximum atomic E-state index is 12.7. The molecule has 0 radical (unpaired) electrons. The lowest BCUT2D eigenvalue weighted by Gasteiger charge is -2.34. The Morgan fingerprint density at radius 1 is 1.16 bits per heavy atom. The molecule has 1 unspecified atom stereocenters. The molecule has 1 saturated heterocycles. The van der Waals surface area contributed by atoms with E-state index in [1.54, 1.807) is 11.1 Å². The molecule has 0 saturated carbocycles. The lowest BCUT2D eigenvalue weighted by atomic mass is 10.0. The zero-order valence-electron chi connectivity index (χ0n) is 18.9. The lowest BCUT2D eigenvalue weighted by molar-refractivity contribution is 0.0698. The van der Waals surface area contributed by atoms with Crippen molar-refractivity contribution in [3.05, 3.63) is 36.3 Å². The predicted molar refractivity (Wildman–Crippen MR) is 126 cm³/mol. The van der Waals surface area contributed by atoms with Gasteiger partial charge in [-0.2, -0.15) is 4.98 Å². The fourth-order valence-corrected chi connectivity index (χ4v) is 4.58. The summed E-state index contributed by atoms with van der Waals surface area (Å²) in [5.41, 5.74) is 2.58. The van der Waals surface area contributed by atoms with E-state index in [0.29, 0.717) is 29.9 Å². The van der Waals surface area contributed by atoms with E-state index in [9.17, 15) is 4.79 Å². The van der Waals surface area contributed by atoms with Gasteiger partial charge in [-0.3, -0.25) is 4.79 Å². The summed E-state index contributed by atoms with van der Waals surface area (Å²) in [6.07, 6.45) is 4.80. The van der Waals surface area contributed by atoms with Gasteiger partial charge in [-0.15, -0.1) is 0 Å². The second-order valence-corrected chi connectivity index (χ2v) is 8.99. The number of amides is 1. The van der Waals surface area contributed by atoms with Crippen LogP contribution in [0.5, 0.6) is 0 Å². The molecule has 9 nitrogen and oxygen atoms in total. The number of rotatable bonds is 4. The summed E-state index contributed by atoms with van der Waals surface area (Å²) >= 11 is 0. The van der Waals surface area contributed by atoms with Crippen LogP contribution in [-0.4, -0.2) is 70.1 Å². The van der Waals surface area contributed by atoms with Crippen LogP contribution in [0.15, 0.2) is 30.6 Å². The highest BCUT2D eigenvalue weighted by atomic mass is 16.2. The van der Waals surface area contributed by atoms with Crippen molar-refractivity contribution < 1.29 is 4.79 Å². The van der Waals surface area contributed by atoms with E-state index in [4.69, 9.17) is 4.98 Å². The summed E-state index contributed by atoms with van der Waals surface area (Å²) in [5, 5.41) is 7.52. The number of carbonyl (C=O) groups excluding carboxylic acids is 1. The molecule has 5 heterocycles. The second-order valence-electron chi connectivity index (χ2n) is 8.99. The molecule has 1 fully saturated rings. The van der Waals surface area contributed by atoms with Gasteiger partial charge in [-0.05, 0) is 37.1 Å². The van der Waals surface area contributed by atoms with Crippen molar-refractivity contribution in [2.45, 2.75) is 26.3 Å². The van der Waals surface area contributed by atoms with Gasteiger partial charge in [0.1, 0.15) is 17.2 Å². The first kappa shape index (κ1) is 20.7. The Kier molecular flexibility index (Phi) is 5.42. The largest absolute Gasteiger partial charge is 0.369 e. The first-order valence-corrected chi connectivity index (χ1v) is 11.3. The molecular formula is C23H30N8O. The fraction of sp³-hybridized carbons (Fsp3) is 0.478. The van der Waals surface area contributed by atoms with Gasteiger partial charge in [0.2, 0.25) is 5.95 Å². The van der Waals surface area contributed by atoms with Crippen molar-refractivity contribution in [2.24, 2.45) is 5.92 Å². The van der Waals surface area contributed by atoms with Crippen molar-refractivity contribution in [3.8, 4) is 0 Å². The van der Waals surface area contributed by atoms with Crippen LogP contribution in [0.1, 0.15) is 36.8 Å². The van der Waals surface area contributed by atoms with E-state index in [1.807, 2.05) is 25.4 Å². The smallest absolute Gasteiger partial charge is 0.270 e. The molecule has 0 bridgehead atoms. The van der Waals surface area contributed by atoms with Crippen molar-refractivity contribution in [1.82, 2.24) is 29.7 Å². The number of likely N-dealkylation sites (N-methyl/N-ethyl adjacent to an activating group) is 1. The highest BCUT2D eigenvalue weighted by Crippen LogP contribution is 2.32. The Morgan fingerprint density at radius 3 is 2.81 bits per heavy atom. The first-order valence-electron chi connectivity index (χ1n) is 11.3. The molecule has 168 valence electrons. The molecule has 9 heteroatoms. The molecular weight excluding hydrogens is 404 g/mol. The number of nitrogens with one attached hydrogen (secondary N) is 2. The molecule has 0 aromatic carbocycles. The van der Waals surface area contributed by atoms with Crippen LogP contribution in [-0.2, 0) is 0 Å². The molecule has 2 aliphatic heterocycles. The molecule has 0 spiro atoms. The number of carbonyl (C=O) groups is 1. The summed E-state index contributed by atoms with van der Waals surface area (Å²) in [6, 6.07) is 6.12. The zero-order chi connectivity index (χ0) is 22.2. The second kappa shape index (κ2) is 8.38. The number of nitrogens with zero attached hydrogens (tertiary/aromatic N) is 6. The maximum Gasteiger partial charge on any atom is 0.270 e. The van der Waals surface area contributed by atoms with Gasteiger partial charge in [0.25, 0.3) is 5.91 Å². The molecule has 5 rings (SSSR count). The van der Waals surface area contributed by atoms with Crippen LogP contribution in [0.4, 0.5) is 17.5 Å². The van der Waals surface area contributed by atoms with Crippen LogP contribution in [0.2, 0.25) is 0 Å². The third-order valence-corrected chi connectivity index (χ3v) is 6.40. The average molecular weight is 435 g/mol. The van der Waals surface area contributed by atoms with Gasteiger partial charge in [0, 0.05) is 44.8 Å². The van der Waals surface area contributed by atoms with Crippen molar-refractivity contribution in [1.29, 1.82) is 0 Å². The van der Waals surface area contributed by atoms with Gasteiger partial charge < -0.3 is 25.0 Å². The number of aromatic nitrogens is 4. The number of anilines is 3. The van der Waals surface area contributed by atoms with Crippen molar-refractivity contribution in [2.75, 3.05) is 50.0 Å². The normalized spacial score (nSPS) is 19.4. The Hall–Kier alpha value is -3.20. The van der Waals surface area contributed by atoms with E-state index >= 15 is 0 Å². The standard InChI is InChI=1S/C23H30N8O/c1-15(2)19-14-29(3)22(32)18-11-16-12-26-23(28-21(16)31(18)19)27-20-6-5-17(13-25-20)30-9-4-7-24-8-10-30/h5-6,11-13,15,19,24H,4,7-10,14H2,1-3H3,(H,25,26,27,28). The summed E-state index contributed by atoms with van der Waals surface area (Å²) < 4.78 is 2.08. The summed E-state index contributed by atoms with van der Waals surface area (Å²) in [6.45, 7) is 9.10. The third kappa shape index (κ3) is 3.77. The molecule has 1 amide bonds. The van der Waals surface area contributed by atoms with E-state index < -0.39 is 0 Å². The van der Waals surface area contributed by atoms with E-state index in [2.05, 4.69) is 50.0 Å². The lowest BCUT2D eigenvalue weighted by Crippen LogP contribution is -2.42. The van der Waals surface area contributed by atoms with Crippen LogP contribution >= 0.6 is 0 Å². The third-order valence-electron chi connectivity index (χ3n) is 6.40. The van der Waals surface area contributed by atoms with Gasteiger partial charge in [-0.1, -0.05) is 13.8 Å². The first-order chi connectivity index (χ1) is 15.5. The molecule has 2 N–H and O–H groups in total. The van der Waals surface area contributed by atoms with Crippen LogP contribution in [0.25, 0.3) is 11.0 Å². The molecule has 3 aromatic rings. The minimum atomic E-state index is 0.0235. The molecule has 2 aliphatic rings. The Labute approximate surface area is 187 Å². The van der Waals surface area contributed by atoms with Gasteiger partial charge in [0.15, 0.2) is 0 Å². The minimum Gasteiger partial charge on any atom is -0.369 e. The summed E-state index contributed by atoms with van der Waals surface area (Å²) in [5.74, 6) is 1.57. The Morgan fingerprint density at radius 2 is 2.03 bits per heavy atom. The quantitative estimate of drug-likeness (QED) is 0.652. The average Bonchev–Trinajstić information content (AvgIpc) is 2.96. The van der Waals surface area contributed by atoms with Gasteiger partial charge in [-0.25, -0.2) is 9.97 Å². The number of fused-ring (bicyclic) bond motifs is 3. The summed E-state index contributed by atoms with van der Waals surface area (Å²) in [4.78, 5) is 30.7. The molecule has 0 aliphatic carbocycles. The monoisotopic (exact) mass is 434 g/mol. The van der Waals surface area contributed by atoms with E-state index in [-0.39, 0.29) is 11.9 Å². The van der Waals surface area contributed by atoms with Crippen molar-refractivity contribution in [3.63, 3.8) is 0 Å². The Bertz CT molecular complexity index is 1110. The maximum absolute atomic E-state index is 12.7. The van der Waals surface area contributed by atoms with E-state index in [0.717, 1.165) is 49.3 Å². The molecule has 3 aromatic heterocycles.